The number of benzene rings is 1. The molecule has 2 aromatic heterocycles. The molecule has 1 fully saturated rings. The minimum atomic E-state index is -0.0806. The first-order valence-electron chi connectivity index (χ1n) is 8.97. The molecule has 3 heterocycles. The average molecular weight is 395 g/mol. The number of methoxy groups -OCH3 is 2. The third kappa shape index (κ3) is 3.18. The van der Waals surface area contributed by atoms with Gasteiger partial charge in [0.15, 0.2) is 5.11 Å². The van der Waals surface area contributed by atoms with Gasteiger partial charge in [0.2, 0.25) is 0 Å². The summed E-state index contributed by atoms with van der Waals surface area (Å²) in [7, 11) is 5.30. The van der Waals surface area contributed by atoms with Crippen molar-refractivity contribution in [3.8, 4) is 11.5 Å². The number of anilines is 1. The lowest BCUT2D eigenvalue weighted by Gasteiger charge is -2.28. The Kier molecular flexibility index (Phi) is 4.92. The number of rotatable bonds is 5. The van der Waals surface area contributed by atoms with Crippen molar-refractivity contribution in [2.24, 2.45) is 7.05 Å². The summed E-state index contributed by atoms with van der Waals surface area (Å²) < 4.78 is 13.0. The monoisotopic (exact) mass is 394 g/mol. The highest BCUT2D eigenvalue weighted by atomic mass is 32.1. The van der Waals surface area contributed by atoms with E-state index in [0.717, 1.165) is 22.7 Å². The molecular weight excluding hydrogens is 372 g/mol. The van der Waals surface area contributed by atoms with Gasteiger partial charge in [0.1, 0.15) is 11.5 Å². The maximum absolute atomic E-state index is 5.75. The van der Waals surface area contributed by atoms with Crippen LogP contribution in [-0.4, -0.2) is 28.9 Å². The van der Waals surface area contributed by atoms with Crippen LogP contribution in [0.3, 0.4) is 0 Å². The van der Waals surface area contributed by atoms with Crippen molar-refractivity contribution in [3.05, 3.63) is 72.3 Å². The van der Waals surface area contributed by atoms with Gasteiger partial charge >= 0.3 is 0 Å². The molecule has 1 aliphatic heterocycles. The summed E-state index contributed by atoms with van der Waals surface area (Å²) in [5.74, 6) is 1.43. The molecule has 0 unspecified atom stereocenters. The van der Waals surface area contributed by atoms with E-state index in [2.05, 4.69) is 27.5 Å². The average Bonchev–Trinajstić information content (AvgIpc) is 3.30. The van der Waals surface area contributed by atoms with Crippen LogP contribution in [0.15, 0.2) is 61.1 Å². The van der Waals surface area contributed by atoms with Gasteiger partial charge in [-0.25, -0.2) is 0 Å². The minimum absolute atomic E-state index is 0.0640. The second-order valence-electron chi connectivity index (χ2n) is 6.64. The summed E-state index contributed by atoms with van der Waals surface area (Å²) in [5, 5.41) is 4.09. The molecule has 7 heteroatoms. The molecule has 0 radical (unpaired) electrons. The minimum Gasteiger partial charge on any atom is -0.497 e. The van der Waals surface area contributed by atoms with E-state index in [9.17, 15) is 0 Å². The van der Waals surface area contributed by atoms with Crippen molar-refractivity contribution in [1.29, 1.82) is 0 Å². The summed E-state index contributed by atoms with van der Waals surface area (Å²) in [6.45, 7) is 0. The van der Waals surface area contributed by atoms with Crippen LogP contribution in [0, 0.1) is 0 Å². The van der Waals surface area contributed by atoms with Crippen LogP contribution in [-0.2, 0) is 7.05 Å². The summed E-state index contributed by atoms with van der Waals surface area (Å²) in [6, 6.07) is 13.6. The Morgan fingerprint density at radius 1 is 1.11 bits per heavy atom. The van der Waals surface area contributed by atoms with Gasteiger partial charge in [-0.15, -0.1) is 0 Å². The van der Waals surface area contributed by atoms with Crippen LogP contribution in [0.25, 0.3) is 0 Å². The third-order valence-electron chi connectivity index (χ3n) is 4.94. The molecule has 4 rings (SSSR count). The lowest BCUT2D eigenvalue weighted by Crippen LogP contribution is -2.29. The standard InChI is InChI=1S/C21H22N4O2S/c1-24-11-9-14(13-24)20-19(16-6-4-5-10-22-16)23-21(28)25(20)17-8-7-15(26-2)12-18(17)27-3/h4-13,19-20H,1-3H3,(H,23,28)/t19-,20+/m0/s1. The Balaban J connectivity index is 1.84. The van der Waals surface area contributed by atoms with E-state index in [1.165, 1.54) is 0 Å². The number of aryl methyl sites for hydroxylation is 1. The van der Waals surface area contributed by atoms with Gasteiger partial charge in [-0.2, -0.15) is 0 Å². The van der Waals surface area contributed by atoms with E-state index in [0.29, 0.717) is 10.9 Å². The normalized spacial score (nSPS) is 18.8. The Labute approximate surface area is 169 Å². The molecule has 0 amide bonds. The maximum atomic E-state index is 5.75. The van der Waals surface area contributed by atoms with Crippen molar-refractivity contribution in [2.45, 2.75) is 12.1 Å². The quantitative estimate of drug-likeness (QED) is 0.667. The Morgan fingerprint density at radius 2 is 1.96 bits per heavy atom. The smallest absolute Gasteiger partial charge is 0.174 e. The van der Waals surface area contributed by atoms with Crippen molar-refractivity contribution >= 4 is 23.0 Å². The van der Waals surface area contributed by atoms with E-state index in [1.54, 1.807) is 20.4 Å². The molecule has 1 N–H and O–H groups in total. The molecule has 144 valence electrons. The van der Waals surface area contributed by atoms with Crippen LogP contribution in [0.1, 0.15) is 23.3 Å². The summed E-state index contributed by atoms with van der Waals surface area (Å²) >= 11 is 5.75. The fourth-order valence-electron chi connectivity index (χ4n) is 3.64. The summed E-state index contributed by atoms with van der Waals surface area (Å²) in [6.07, 6.45) is 5.95. The lowest BCUT2D eigenvalue weighted by atomic mass is 9.98. The number of aromatic nitrogens is 2. The number of thiocarbonyl (C=S) groups is 1. The van der Waals surface area contributed by atoms with E-state index >= 15 is 0 Å². The van der Waals surface area contributed by atoms with Crippen LogP contribution in [0.4, 0.5) is 5.69 Å². The summed E-state index contributed by atoms with van der Waals surface area (Å²) in [5.41, 5.74) is 2.96. The first-order chi connectivity index (χ1) is 13.6. The molecule has 3 aromatic rings. The second-order valence-corrected chi connectivity index (χ2v) is 7.03. The van der Waals surface area contributed by atoms with E-state index in [4.69, 9.17) is 21.7 Å². The SMILES string of the molecule is COc1ccc(N2C(=S)N[C@@H](c3ccccn3)[C@H]2c2ccn(C)c2)c(OC)c1. The third-order valence-corrected chi connectivity index (χ3v) is 5.26. The number of pyridine rings is 1. The van der Waals surface area contributed by atoms with E-state index in [1.807, 2.05) is 54.2 Å². The largest absolute Gasteiger partial charge is 0.497 e. The van der Waals surface area contributed by atoms with Gasteiger partial charge in [0.05, 0.1) is 37.7 Å². The molecule has 1 aliphatic rings. The molecule has 0 aliphatic carbocycles. The first-order valence-corrected chi connectivity index (χ1v) is 9.37. The number of ether oxygens (including phenoxy) is 2. The summed E-state index contributed by atoms with van der Waals surface area (Å²) in [4.78, 5) is 6.67. The van der Waals surface area contributed by atoms with Gasteiger partial charge in [0.25, 0.3) is 0 Å². The number of nitrogens with zero attached hydrogens (tertiary/aromatic N) is 3. The van der Waals surface area contributed by atoms with Crippen molar-refractivity contribution < 1.29 is 9.47 Å². The van der Waals surface area contributed by atoms with Gasteiger partial charge in [-0.3, -0.25) is 4.98 Å². The van der Waals surface area contributed by atoms with E-state index < -0.39 is 0 Å². The number of nitrogens with one attached hydrogen (secondary N) is 1. The highest BCUT2D eigenvalue weighted by Crippen LogP contribution is 2.45. The van der Waals surface area contributed by atoms with Crippen LogP contribution in [0.5, 0.6) is 11.5 Å². The van der Waals surface area contributed by atoms with Crippen molar-refractivity contribution in [3.63, 3.8) is 0 Å². The Hall–Kier alpha value is -3.06. The predicted molar refractivity (Wildman–Crippen MR) is 113 cm³/mol. The fraction of sp³-hybridized carbons (Fsp3) is 0.238. The number of hydrogen-bond donors (Lipinski definition) is 1. The maximum Gasteiger partial charge on any atom is 0.174 e. The van der Waals surface area contributed by atoms with Crippen LogP contribution < -0.4 is 19.7 Å². The number of hydrogen-bond acceptors (Lipinski definition) is 4. The zero-order valence-electron chi connectivity index (χ0n) is 16.0. The van der Waals surface area contributed by atoms with Gasteiger partial charge in [-0.1, -0.05) is 6.07 Å². The molecule has 1 aromatic carbocycles. The Bertz CT molecular complexity index is 989. The predicted octanol–water partition coefficient (Wildman–Crippen LogP) is 3.61. The highest BCUT2D eigenvalue weighted by molar-refractivity contribution is 7.80. The molecule has 1 saturated heterocycles. The zero-order chi connectivity index (χ0) is 19.7. The molecule has 0 bridgehead atoms. The molecular formula is C21H22N4O2S. The Morgan fingerprint density at radius 3 is 2.61 bits per heavy atom. The lowest BCUT2D eigenvalue weighted by molar-refractivity contribution is 0.394. The molecule has 28 heavy (non-hydrogen) atoms. The molecule has 6 nitrogen and oxygen atoms in total. The second kappa shape index (κ2) is 7.52. The van der Waals surface area contributed by atoms with Gasteiger partial charge in [0, 0.05) is 31.7 Å². The molecule has 0 spiro atoms. The molecule has 0 saturated carbocycles. The molecule has 2 atom stereocenters. The van der Waals surface area contributed by atoms with Crippen LogP contribution >= 0.6 is 12.2 Å². The van der Waals surface area contributed by atoms with Crippen molar-refractivity contribution in [1.82, 2.24) is 14.9 Å². The van der Waals surface area contributed by atoms with Crippen molar-refractivity contribution in [2.75, 3.05) is 19.1 Å². The van der Waals surface area contributed by atoms with Gasteiger partial charge < -0.3 is 24.3 Å². The zero-order valence-corrected chi connectivity index (χ0v) is 16.8. The first kappa shape index (κ1) is 18.3. The topological polar surface area (TPSA) is 51.5 Å². The van der Waals surface area contributed by atoms with Crippen LogP contribution in [0.2, 0.25) is 0 Å². The fourth-order valence-corrected chi connectivity index (χ4v) is 3.98. The van der Waals surface area contributed by atoms with E-state index in [-0.39, 0.29) is 12.1 Å². The highest BCUT2D eigenvalue weighted by Gasteiger charge is 2.42. The van der Waals surface area contributed by atoms with Gasteiger partial charge in [-0.05, 0) is 48.1 Å².